The summed E-state index contributed by atoms with van der Waals surface area (Å²) < 4.78 is 5.59. The number of carbonyl (C=O) groups excluding carboxylic acids is 1. The minimum Gasteiger partial charge on any atom is -0.491 e. The van der Waals surface area contributed by atoms with Crippen LogP contribution in [-0.2, 0) is 0 Å². The van der Waals surface area contributed by atoms with Gasteiger partial charge >= 0.3 is 0 Å². The van der Waals surface area contributed by atoms with Gasteiger partial charge in [-0.3, -0.25) is 4.79 Å². The highest BCUT2D eigenvalue weighted by molar-refractivity contribution is 6.03. The van der Waals surface area contributed by atoms with E-state index in [9.17, 15) is 4.79 Å². The third-order valence-electron chi connectivity index (χ3n) is 4.34. The Labute approximate surface area is 154 Å². The monoisotopic (exact) mass is 354 g/mol. The molecule has 0 radical (unpaired) electrons. The summed E-state index contributed by atoms with van der Waals surface area (Å²) in [4.78, 5) is 20.9. The summed E-state index contributed by atoms with van der Waals surface area (Å²) in [6.07, 6.45) is 9.35. The Kier molecular flexibility index (Phi) is 6.04. The molecule has 0 atom stereocenters. The molecule has 1 aliphatic rings. The van der Waals surface area contributed by atoms with Crippen LogP contribution in [0.15, 0.2) is 36.7 Å². The van der Waals surface area contributed by atoms with Crippen molar-refractivity contribution in [2.24, 2.45) is 0 Å². The molecule has 138 valence electrons. The van der Waals surface area contributed by atoms with Crippen LogP contribution < -0.4 is 15.4 Å². The number of hydrogen-bond acceptors (Lipinski definition) is 5. The molecular weight excluding hydrogens is 328 g/mol. The van der Waals surface area contributed by atoms with Crippen LogP contribution >= 0.6 is 0 Å². The van der Waals surface area contributed by atoms with Gasteiger partial charge in [-0.1, -0.05) is 19.3 Å². The number of carbonyl (C=O) groups is 1. The fourth-order valence-electron chi connectivity index (χ4n) is 3.04. The molecule has 1 aliphatic carbocycles. The van der Waals surface area contributed by atoms with Gasteiger partial charge in [0, 0.05) is 24.1 Å². The van der Waals surface area contributed by atoms with Gasteiger partial charge in [-0.15, -0.1) is 0 Å². The number of nitrogens with zero attached hydrogens (tertiary/aromatic N) is 2. The summed E-state index contributed by atoms with van der Waals surface area (Å²) in [6, 6.07) is 7.74. The van der Waals surface area contributed by atoms with E-state index in [-0.39, 0.29) is 12.0 Å². The SMILES string of the molecule is CC(C)Oc1ccc(NC(=O)c2cnc(NC3CCCCC3)nc2)cc1. The molecule has 2 N–H and O–H groups in total. The first-order valence-electron chi connectivity index (χ1n) is 9.27. The number of benzene rings is 1. The number of anilines is 2. The van der Waals surface area contributed by atoms with Crippen LogP contribution in [0.5, 0.6) is 5.75 Å². The van der Waals surface area contributed by atoms with E-state index in [2.05, 4.69) is 20.6 Å². The zero-order valence-corrected chi connectivity index (χ0v) is 15.4. The fraction of sp³-hybridized carbons (Fsp3) is 0.450. The van der Waals surface area contributed by atoms with Crippen LogP contribution in [0.4, 0.5) is 11.6 Å². The number of nitrogens with one attached hydrogen (secondary N) is 2. The third kappa shape index (κ3) is 5.18. The maximum atomic E-state index is 12.3. The average molecular weight is 354 g/mol. The van der Waals surface area contributed by atoms with E-state index in [1.165, 1.54) is 19.3 Å². The number of hydrogen-bond donors (Lipinski definition) is 2. The van der Waals surface area contributed by atoms with Crippen LogP contribution in [0, 0.1) is 0 Å². The summed E-state index contributed by atoms with van der Waals surface area (Å²) in [5.74, 6) is 1.13. The Bertz CT molecular complexity index is 708. The smallest absolute Gasteiger partial charge is 0.258 e. The van der Waals surface area contributed by atoms with Gasteiger partial charge in [-0.2, -0.15) is 0 Å². The molecule has 0 spiro atoms. The van der Waals surface area contributed by atoms with Gasteiger partial charge in [0.15, 0.2) is 0 Å². The molecule has 0 aliphatic heterocycles. The van der Waals surface area contributed by atoms with Crippen molar-refractivity contribution >= 4 is 17.5 Å². The second-order valence-corrected chi connectivity index (χ2v) is 6.92. The number of rotatable bonds is 6. The molecule has 3 rings (SSSR count). The predicted octanol–water partition coefficient (Wildman–Crippen LogP) is 4.26. The molecule has 2 aromatic rings. The average Bonchev–Trinajstić information content (AvgIpc) is 2.64. The molecule has 1 aromatic carbocycles. The molecule has 0 bridgehead atoms. The quantitative estimate of drug-likeness (QED) is 0.810. The van der Waals surface area contributed by atoms with Crippen molar-refractivity contribution in [3.8, 4) is 5.75 Å². The van der Waals surface area contributed by atoms with Crippen LogP contribution in [-0.4, -0.2) is 28.0 Å². The molecular formula is C20H26N4O2. The molecule has 0 saturated heterocycles. The van der Waals surface area contributed by atoms with Crippen molar-refractivity contribution < 1.29 is 9.53 Å². The van der Waals surface area contributed by atoms with Crippen LogP contribution in [0.1, 0.15) is 56.3 Å². The molecule has 26 heavy (non-hydrogen) atoms. The molecule has 1 amide bonds. The minimum atomic E-state index is -0.230. The number of amides is 1. The van der Waals surface area contributed by atoms with E-state index in [1.54, 1.807) is 12.4 Å². The van der Waals surface area contributed by atoms with Crippen LogP contribution in [0.25, 0.3) is 0 Å². The Hall–Kier alpha value is -2.63. The molecule has 1 aromatic heterocycles. The van der Waals surface area contributed by atoms with E-state index in [1.807, 2.05) is 38.1 Å². The first-order chi connectivity index (χ1) is 12.6. The van der Waals surface area contributed by atoms with Crippen LogP contribution in [0.3, 0.4) is 0 Å². The standard InChI is InChI=1S/C20H26N4O2/c1-14(2)26-18-10-8-17(9-11-18)23-19(25)15-12-21-20(22-13-15)24-16-6-4-3-5-7-16/h8-14,16H,3-7H2,1-2H3,(H,23,25)(H,21,22,24). The van der Waals surface area contributed by atoms with Gasteiger partial charge in [0.1, 0.15) is 5.75 Å². The molecule has 0 unspecified atom stereocenters. The number of aromatic nitrogens is 2. The van der Waals surface area contributed by atoms with E-state index < -0.39 is 0 Å². The van der Waals surface area contributed by atoms with Crippen molar-refractivity contribution in [1.82, 2.24) is 9.97 Å². The highest BCUT2D eigenvalue weighted by Crippen LogP contribution is 2.20. The lowest BCUT2D eigenvalue weighted by atomic mass is 9.96. The van der Waals surface area contributed by atoms with Crippen molar-refractivity contribution in [1.29, 1.82) is 0 Å². The largest absolute Gasteiger partial charge is 0.491 e. The normalized spacial score (nSPS) is 14.9. The van der Waals surface area contributed by atoms with Gasteiger partial charge in [0.25, 0.3) is 5.91 Å². The topological polar surface area (TPSA) is 76.1 Å². The van der Waals surface area contributed by atoms with Crippen LogP contribution in [0.2, 0.25) is 0 Å². The molecule has 1 fully saturated rings. The first kappa shape index (κ1) is 18.2. The van der Waals surface area contributed by atoms with Gasteiger partial charge in [0.05, 0.1) is 11.7 Å². The number of ether oxygens (including phenoxy) is 1. The van der Waals surface area contributed by atoms with Crippen molar-refractivity contribution in [3.63, 3.8) is 0 Å². The summed E-state index contributed by atoms with van der Waals surface area (Å²) in [7, 11) is 0. The van der Waals surface area contributed by atoms with Gasteiger partial charge in [-0.25, -0.2) is 9.97 Å². The maximum absolute atomic E-state index is 12.3. The third-order valence-corrected chi connectivity index (χ3v) is 4.34. The Morgan fingerprint density at radius 1 is 1.08 bits per heavy atom. The van der Waals surface area contributed by atoms with E-state index >= 15 is 0 Å². The zero-order chi connectivity index (χ0) is 18.4. The van der Waals surface area contributed by atoms with Gasteiger partial charge in [-0.05, 0) is 51.0 Å². The second kappa shape index (κ2) is 8.65. The van der Waals surface area contributed by atoms with Gasteiger partial charge < -0.3 is 15.4 Å². The van der Waals surface area contributed by atoms with Gasteiger partial charge in [0.2, 0.25) is 5.95 Å². The second-order valence-electron chi connectivity index (χ2n) is 6.92. The summed E-state index contributed by atoms with van der Waals surface area (Å²) in [5, 5.41) is 6.20. The predicted molar refractivity (Wildman–Crippen MR) is 103 cm³/mol. The molecule has 1 saturated carbocycles. The summed E-state index contributed by atoms with van der Waals surface area (Å²) in [6.45, 7) is 3.95. The highest BCUT2D eigenvalue weighted by atomic mass is 16.5. The zero-order valence-electron chi connectivity index (χ0n) is 15.4. The Morgan fingerprint density at radius 3 is 2.35 bits per heavy atom. The summed E-state index contributed by atoms with van der Waals surface area (Å²) >= 11 is 0. The van der Waals surface area contributed by atoms with E-state index in [0.717, 1.165) is 18.6 Å². The maximum Gasteiger partial charge on any atom is 0.258 e. The lowest BCUT2D eigenvalue weighted by Gasteiger charge is -2.22. The highest BCUT2D eigenvalue weighted by Gasteiger charge is 2.14. The van der Waals surface area contributed by atoms with Crippen molar-refractivity contribution in [2.45, 2.75) is 58.1 Å². The van der Waals surface area contributed by atoms with Crippen molar-refractivity contribution in [2.75, 3.05) is 10.6 Å². The minimum absolute atomic E-state index is 0.119. The Balaban J connectivity index is 1.55. The Morgan fingerprint density at radius 2 is 1.73 bits per heavy atom. The lowest BCUT2D eigenvalue weighted by Crippen LogP contribution is -2.23. The molecule has 6 heteroatoms. The fourth-order valence-corrected chi connectivity index (χ4v) is 3.04. The summed E-state index contributed by atoms with van der Waals surface area (Å²) in [5.41, 5.74) is 1.14. The molecule has 6 nitrogen and oxygen atoms in total. The molecule has 1 heterocycles. The lowest BCUT2D eigenvalue weighted by molar-refractivity contribution is 0.102. The van der Waals surface area contributed by atoms with E-state index in [4.69, 9.17) is 4.74 Å². The van der Waals surface area contributed by atoms with E-state index in [0.29, 0.717) is 23.2 Å². The first-order valence-corrected chi connectivity index (χ1v) is 9.27. The van der Waals surface area contributed by atoms with Crippen molar-refractivity contribution in [3.05, 3.63) is 42.2 Å².